The lowest BCUT2D eigenvalue weighted by atomic mass is 10.1. The first-order valence-electron chi connectivity index (χ1n) is 5.58. The zero-order valence-corrected chi connectivity index (χ0v) is 10.8. The number of hydrogen-bond donors (Lipinski definition) is 1. The fourth-order valence-corrected chi connectivity index (χ4v) is 3.30. The summed E-state index contributed by atoms with van der Waals surface area (Å²) >= 11 is 0. The summed E-state index contributed by atoms with van der Waals surface area (Å²) < 4.78 is 63.2. The minimum absolute atomic E-state index is 0.223. The number of rotatable bonds is 3. The molecule has 0 aliphatic carbocycles. The molecule has 1 N–H and O–H groups in total. The van der Waals surface area contributed by atoms with E-state index < -0.39 is 38.2 Å². The van der Waals surface area contributed by atoms with Gasteiger partial charge in [0.2, 0.25) is 10.0 Å². The topological polar surface area (TPSA) is 74.7 Å². The molecular formula is C11H10F3NO4S. The average Bonchev–Trinajstić information content (AvgIpc) is 2.24. The summed E-state index contributed by atoms with van der Waals surface area (Å²) in [7, 11) is -4.07. The van der Waals surface area contributed by atoms with Gasteiger partial charge in [-0.25, -0.2) is 13.2 Å². The maximum absolute atomic E-state index is 12.7. The number of benzene rings is 1. The first kappa shape index (κ1) is 14.8. The van der Waals surface area contributed by atoms with Gasteiger partial charge in [-0.1, -0.05) is 0 Å². The molecular weight excluding hydrogens is 299 g/mol. The molecule has 0 atom stereocenters. The van der Waals surface area contributed by atoms with Crippen LogP contribution in [0.3, 0.4) is 0 Å². The molecule has 0 amide bonds. The smallest absolute Gasteiger partial charge is 0.416 e. The maximum Gasteiger partial charge on any atom is 0.416 e. The Hall–Kier alpha value is -1.61. The third kappa shape index (κ3) is 2.63. The van der Waals surface area contributed by atoms with Crippen molar-refractivity contribution < 1.29 is 31.5 Å². The molecule has 1 heterocycles. The normalized spacial score (nSPS) is 16.8. The van der Waals surface area contributed by atoms with Gasteiger partial charge >= 0.3 is 12.1 Å². The Labute approximate surface area is 112 Å². The summed E-state index contributed by atoms with van der Waals surface area (Å²) in [6, 6.07) is 1.61. The van der Waals surface area contributed by atoms with Gasteiger partial charge < -0.3 is 5.11 Å². The molecule has 2 rings (SSSR count). The summed E-state index contributed by atoms with van der Waals surface area (Å²) in [5.41, 5.74) is -2.00. The highest BCUT2D eigenvalue weighted by atomic mass is 32.2. The van der Waals surface area contributed by atoms with Gasteiger partial charge in [-0.2, -0.15) is 17.5 Å². The van der Waals surface area contributed by atoms with Crippen LogP contribution in [0, 0.1) is 0 Å². The molecule has 0 radical (unpaired) electrons. The van der Waals surface area contributed by atoms with E-state index in [9.17, 15) is 26.4 Å². The lowest BCUT2D eigenvalue weighted by Gasteiger charge is -2.30. The number of carboxylic acids is 1. The number of hydrogen-bond acceptors (Lipinski definition) is 3. The highest BCUT2D eigenvalue weighted by Crippen LogP contribution is 2.33. The summed E-state index contributed by atoms with van der Waals surface area (Å²) in [4.78, 5) is 10.2. The van der Waals surface area contributed by atoms with E-state index in [1.54, 1.807) is 0 Å². The lowest BCUT2D eigenvalue weighted by molar-refractivity contribution is -0.137. The van der Waals surface area contributed by atoms with Gasteiger partial charge in [0, 0.05) is 13.1 Å². The number of halogens is 3. The van der Waals surface area contributed by atoms with Crippen molar-refractivity contribution in [1.29, 1.82) is 0 Å². The van der Waals surface area contributed by atoms with Crippen LogP contribution in [0.5, 0.6) is 0 Å². The largest absolute Gasteiger partial charge is 0.478 e. The molecule has 1 fully saturated rings. The lowest BCUT2D eigenvalue weighted by Crippen LogP contribution is -2.42. The van der Waals surface area contributed by atoms with Crippen LogP contribution in [-0.2, 0) is 16.2 Å². The van der Waals surface area contributed by atoms with Crippen LogP contribution in [-0.4, -0.2) is 36.9 Å². The van der Waals surface area contributed by atoms with Crippen molar-refractivity contribution in [2.45, 2.75) is 17.5 Å². The second-order valence-corrected chi connectivity index (χ2v) is 6.24. The van der Waals surface area contributed by atoms with Crippen molar-refractivity contribution >= 4 is 16.0 Å². The molecule has 0 saturated carbocycles. The van der Waals surface area contributed by atoms with Gasteiger partial charge in [0.25, 0.3) is 0 Å². The van der Waals surface area contributed by atoms with Gasteiger partial charge in [0.05, 0.1) is 16.0 Å². The monoisotopic (exact) mass is 309 g/mol. The molecule has 0 bridgehead atoms. The number of alkyl halides is 3. The molecule has 1 aromatic rings. The quantitative estimate of drug-likeness (QED) is 0.924. The van der Waals surface area contributed by atoms with Crippen LogP contribution >= 0.6 is 0 Å². The highest BCUT2D eigenvalue weighted by molar-refractivity contribution is 7.89. The van der Waals surface area contributed by atoms with E-state index in [1.165, 1.54) is 0 Å². The molecule has 5 nitrogen and oxygen atoms in total. The zero-order chi connectivity index (χ0) is 15.1. The minimum atomic E-state index is -4.81. The van der Waals surface area contributed by atoms with Gasteiger partial charge in [0.1, 0.15) is 0 Å². The number of carbonyl (C=O) groups is 1. The Balaban J connectivity index is 2.58. The fraction of sp³-hybridized carbons (Fsp3) is 0.364. The minimum Gasteiger partial charge on any atom is -0.478 e. The first-order chi connectivity index (χ1) is 9.12. The molecule has 0 spiro atoms. The summed E-state index contributed by atoms with van der Waals surface area (Å²) in [6.07, 6.45) is -4.19. The Kier molecular flexibility index (Phi) is 3.51. The van der Waals surface area contributed by atoms with E-state index in [1.807, 2.05) is 0 Å². The predicted molar refractivity (Wildman–Crippen MR) is 61.8 cm³/mol. The van der Waals surface area contributed by atoms with Crippen molar-refractivity contribution in [2.24, 2.45) is 0 Å². The van der Waals surface area contributed by atoms with Crippen LogP contribution in [0.4, 0.5) is 13.2 Å². The van der Waals surface area contributed by atoms with E-state index in [-0.39, 0.29) is 13.1 Å². The number of nitrogens with zero attached hydrogens (tertiary/aromatic N) is 1. The number of sulfonamides is 1. The van der Waals surface area contributed by atoms with Crippen molar-refractivity contribution in [3.05, 3.63) is 29.3 Å². The number of carboxylic acid groups (broad SMARTS) is 1. The molecule has 1 aromatic carbocycles. The molecule has 110 valence electrons. The van der Waals surface area contributed by atoms with Crippen LogP contribution in [0.15, 0.2) is 23.1 Å². The van der Waals surface area contributed by atoms with E-state index in [4.69, 9.17) is 5.11 Å². The van der Waals surface area contributed by atoms with E-state index in [2.05, 4.69) is 0 Å². The van der Waals surface area contributed by atoms with Gasteiger partial charge in [-0.15, -0.1) is 0 Å². The Morgan fingerprint density at radius 2 is 1.80 bits per heavy atom. The van der Waals surface area contributed by atoms with E-state index in [0.29, 0.717) is 18.6 Å². The van der Waals surface area contributed by atoms with E-state index in [0.717, 1.165) is 10.4 Å². The van der Waals surface area contributed by atoms with Crippen molar-refractivity contribution in [3.63, 3.8) is 0 Å². The molecule has 20 heavy (non-hydrogen) atoms. The van der Waals surface area contributed by atoms with Crippen LogP contribution in [0.25, 0.3) is 0 Å². The summed E-state index contributed by atoms with van der Waals surface area (Å²) in [5, 5.41) is 8.80. The van der Waals surface area contributed by atoms with Crippen molar-refractivity contribution in [2.75, 3.05) is 13.1 Å². The Bertz CT molecular complexity index is 650. The van der Waals surface area contributed by atoms with Gasteiger partial charge in [-0.3, -0.25) is 0 Å². The van der Waals surface area contributed by atoms with E-state index >= 15 is 0 Å². The average molecular weight is 309 g/mol. The molecule has 1 saturated heterocycles. The predicted octanol–water partition coefficient (Wildman–Crippen LogP) is 1.80. The SMILES string of the molecule is O=C(O)c1cc(C(F)(F)F)cc(S(=O)(=O)N2CCC2)c1. The van der Waals surface area contributed by atoms with Crippen LogP contribution in [0.1, 0.15) is 22.3 Å². The third-order valence-electron chi connectivity index (χ3n) is 2.93. The van der Waals surface area contributed by atoms with Crippen LogP contribution in [0.2, 0.25) is 0 Å². The molecule has 1 aliphatic rings. The number of aromatic carboxylic acids is 1. The van der Waals surface area contributed by atoms with Gasteiger partial charge in [0.15, 0.2) is 0 Å². The molecule has 1 aliphatic heterocycles. The van der Waals surface area contributed by atoms with Gasteiger partial charge in [-0.05, 0) is 24.6 Å². The Morgan fingerprint density at radius 1 is 1.20 bits per heavy atom. The zero-order valence-electron chi connectivity index (χ0n) is 10.0. The maximum atomic E-state index is 12.7. The summed E-state index contributed by atoms with van der Waals surface area (Å²) in [6.45, 7) is 0.446. The van der Waals surface area contributed by atoms with Crippen molar-refractivity contribution in [1.82, 2.24) is 4.31 Å². The fourth-order valence-electron chi connectivity index (χ4n) is 1.71. The second kappa shape index (κ2) is 4.74. The molecule has 9 heteroatoms. The molecule has 0 unspecified atom stereocenters. The molecule has 0 aromatic heterocycles. The summed E-state index contributed by atoms with van der Waals surface area (Å²) in [5.74, 6) is -1.61. The first-order valence-corrected chi connectivity index (χ1v) is 7.02. The van der Waals surface area contributed by atoms with Crippen molar-refractivity contribution in [3.8, 4) is 0 Å². The standard InChI is InChI=1S/C11H10F3NO4S/c12-11(13,14)8-4-7(10(16)17)5-9(6-8)20(18,19)15-2-1-3-15/h4-6H,1-3H2,(H,16,17). The second-order valence-electron chi connectivity index (χ2n) is 4.31. The Morgan fingerprint density at radius 3 is 2.20 bits per heavy atom. The van der Waals surface area contributed by atoms with Crippen LogP contribution < -0.4 is 0 Å². The highest BCUT2D eigenvalue weighted by Gasteiger charge is 2.35. The third-order valence-corrected chi connectivity index (χ3v) is 4.81.